The first-order valence-electron chi connectivity index (χ1n) is 12.3. The predicted molar refractivity (Wildman–Crippen MR) is 144 cm³/mol. The van der Waals surface area contributed by atoms with Crippen LogP contribution in [0.1, 0.15) is 35.1 Å². The van der Waals surface area contributed by atoms with Gasteiger partial charge in [0.05, 0.1) is 18.6 Å². The zero-order valence-corrected chi connectivity index (χ0v) is 21.9. The molecule has 196 valence electrons. The van der Waals surface area contributed by atoms with Crippen molar-refractivity contribution in [2.45, 2.75) is 19.8 Å². The number of anilines is 2. The summed E-state index contributed by atoms with van der Waals surface area (Å²) >= 11 is 0. The molecule has 5 rings (SSSR count). The highest BCUT2D eigenvalue weighted by Crippen LogP contribution is 2.30. The van der Waals surface area contributed by atoms with Crippen LogP contribution in [0.4, 0.5) is 11.4 Å². The van der Waals surface area contributed by atoms with E-state index in [-0.39, 0.29) is 17.4 Å². The molecule has 2 aliphatic heterocycles. The number of carbonyl (C=O) groups is 1. The Morgan fingerprint density at radius 1 is 1.03 bits per heavy atom. The normalized spacial score (nSPS) is 15.5. The molecule has 12 heteroatoms. The molecule has 2 aliphatic rings. The van der Waals surface area contributed by atoms with Crippen LogP contribution >= 0.6 is 0 Å². The first-order chi connectivity index (χ1) is 18.3. The van der Waals surface area contributed by atoms with Crippen LogP contribution < -0.4 is 19.3 Å². The van der Waals surface area contributed by atoms with Crippen molar-refractivity contribution < 1.29 is 17.9 Å². The fraction of sp³-hybridized carbons (Fsp3) is 0.308. The molecule has 1 N–H and O–H groups in total. The van der Waals surface area contributed by atoms with Crippen molar-refractivity contribution in [3.63, 3.8) is 0 Å². The summed E-state index contributed by atoms with van der Waals surface area (Å²) in [4.78, 5) is 21.6. The summed E-state index contributed by atoms with van der Waals surface area (Å²) < 4.78 is 33.6. The fourth-order valence-electron chi connectivity index (χ4n) is 4.57. The number of amides is 1. The lowest BCUT2D eigenvalue weighted by atomic mass is 10.0. The summed E-state index contributed by atoms with van der Waals surface area (Å²) in [5.74, 6) is 0.683. The summed E-state index contributed by atoms with van der Waals surface area (Å²) in [6.45, 7) is 3.15. The lowest BCUT2D eigenvalue weighted by Gasteiger charge is -2.31. The summed E-state index contributed by atoms with van der Waals surface area (Å²) in [7, 11) is -1.89. The van der Waals surface area contributed by atoms with E-state index in [2.05, 4.69) is 20.9 Å². The zero-order chi connectivity index (χ0) is 26.9. The first-order valence-corrected chi connectivity index (χ1v) is 13.9. The molecular formula is C26H27N7O4S. The molecule has 0 bridgehead atoms. The number of guanidine groups is 1. The summed E-state index contributed by atoms with van der Waals surface area (Å²) in [5, 5.41) is 14.1. The largest absolute Gasteiger partial charge is 0.497 e. The van der Waals surface area contributed by atoms with E-state index in [1.165, 1.54) is 4.68 Å². The monoisotopic (exact) mass is 533 g/mol. The number of aliphatic imine (C=N–C) groups is 1. The van der Waals surface area contributed by atoms with E-state index < -0.39 is 10.0 Å². The van der Waals surface area contributed by atoms with Crippen LogP contribution in [0.25, 0.3) is 5.69 Å². The molecule has 2 aromatic carbocycles. The van der Waals surface area contributed by atoms with E-state index in [0.717, 1.165) is 12.1 Å². The van der Waals surface area contributed by atoms with Gasteiger partial charge >= 0.3 is 0 Å². The van der Waals surface area contributed by atoms with Gasteiger partial charge < -0.3 is 14.5 Å². The lowest BCUT2D eigenvalue weighted by Crippen LogP contribution is -2.47. The maximum absolute atomic E-state index is 13.7. The van der Waals surface area contributed by atoms with Gasteiger partial charge in [0.2, 0.25) is 16.0 Å². The highest BCUT2D eigenvalue weighted by Gasteiger charge is 2.33. The number of nitriles is 1. The fourth-order valence-corrected chi connectivity index (χ4v) is 5.17. The smallest absolute Gasteiger partial charge is 0.277 e. The molecule has 0 aliphatic carbocycles. The Balaban J connectivity index is 1.43. The average molecular weight is 534 g/mol. The number of benzene rings is 2. The van der Waals surface area contributed by atoms with Gasteiger partial charge in [0.1, 0.15) is 17.5 Å². The third-order valence-electron chi connectivity index (χ3n) is 6.60. The SMILES string of the molecule is CCS(=O)(=O)NC1=NCCCN1c1ccc(N2CCc3c(C#N)nn(-c4ccc(OC)cc4)c3C2=O)cc1. The van der Waals surface area contributed by atoms with E-state index in [0.29, 0.717) is 60.4 Å². The summed E-state index contributed by atoms with van der Waals surface area (Å²) in [6, 6.07) is 16.6. The summed E-state index contributed by atoms with van der Waals surface area (Å²) in [6.07, 6.45) is 1.28. The second-order valence-electron chi connectivity index (χ2n) is 8.84. The lowest BCUT2D eigenvalue weighted by molar-refractivity contribution is 0.0973. The predicted octanol–water partition coefficient (Wildman–Crippen LogP) is 2.46. The maximum atomic E-state index is 13.7. The van der Waals surface area contributed by atoms with Crippen molar-refractivity contribution in [1.82, 2.24) is 14.5 Å². The van der Waals surface area contributed by atoms with E-state index in [1.54, 1.807) is 43.2 Å². The number of nitrogens with one attached hydrogen (secondary N) is 1. The van der Waals surface area contributed by atoms with Gasteiger partial charge in [-0.15, -0.1) is 0 Å². The highest BCUT2D eigenvalue weighted by molar-refractivity contribution is 7.90. The average Bonchev–Trinajstić information content (AvgIpc) is 3.33. The zero-order valence-electron chi connectivity index (χ0n) is 21.1. The number of sulfonamides is 1. The molecule has 0 atom stereocenters. The van der Waals surface area contributed by atoms with Crippen LogP contribution in [0.2, 0.25) is 0 Å². The minimum absolute atomic E-state index is 0.0432. The number of hydrogen-bond acceptors (Lipinski definition) is 8. The van der Waals surface area contributed by atoms with Gasteiger partial charge in [0.25, 0.3) is 5.91 Å². The van der Waals surface area contributed by atoms with Gasteiger partial charge in [-0.1, -0.05) is 0 Å². The number of fused-ring (bicyclic) bond motifs is 1. The molecule has 11 nitrogen and oxygen atoms in total. The molecule has 3 aromatic rings. The molecule has 1 amide bonds. The van der Waals surface area contributed by atoms with E-state index >= 15 is 0 Å². The van der Waals surface area contributed by atoms with Crippen LogP contribution in [-0.4, -0.2) is 62.6 Å². The Labute approximate surface area is 221 Å². The van der Waals surface area contributed by atoms with Gasteiger partial charge in [0.15, 0.2) is 5.69 Å². The van der Waals surface area contributed by atoms with E-state index in [9.17, 15) is 18.5 Å². The number of carbonyl (C=O) groups excluding carboxylic acids is 1. The summed E-state index contributed by atoms with van der Waals surface area (Å²) in [5.41, 5.74) is 3.35. The Bertz CT molecular complexity index is 1540. The van der Waals surface area contributed by atoms with Crippen molar-refractivity contribution in [3.8, 4) is 17.5 Å². The second kappa shape index (κ2) is 10.2. The standard InChI is InChI=1S/C26H27N7O4S/c1-3-38(35,36)30-26-28-14-4-15-32(26)19-7-5-18(6-8-19)31-16-13-22-23(17-27)29-33(24(22)25(31)34)20-9-11-21(37-2)12-10-20/h5-12H,3-4,13-16H2,1-2H3,(H,28,30). The minimum atomic E-state index is -3.47. The molecule has 0 saturated carbocycles. The molecular weight excluding hydrogens is 506 g/mol. The van der Waals surface area contributed by atoms with Crippen LogP contribution in [0.5, 0.6) is 5.75 Å². The van der Waals surface area contributed by atoms with Gasteiger partial charge in [-0.3, -0.25) is 14.5 Å². The van der Waals surface area contributed by atoms with Crippen LogP contribution in [0.3, 0.4) is 0 Å². The van der Waals surface area contributed by atoms with Crippen LogP contribution in [0, 0.1) is 11.3 Å². The Hall–Kier alpha value is -4.37. The molecule has 3 heterocycles. The van der Waals surface area contributed by atoms with Gasteiger partial charge in [0, 0.05) is 36.6 Å². The molecule has 0 spiro atoms. The Kier molecular flexibility index (Phi) is 6.77. The molecule has 0 saturated heterocycles. The Morgan fingerprint density at radius 2 is 1.68 bits per heavy atom. The molecule has 0 fully saturated rings. The molecule has 0 unspecified atom stereocenters. The third kappa shape index (κ3) is 4.68. The van der Waals surface area contributed by atoms with E-state index in [1.807, 2.05) is 29.2 Å². The molecule has 0 radical (unpaired) electrons. The van der Waals surface area contributed by atoms with Crippen molar-refractivity contribution >= 4 is 33.3 Å². The van der Waals surface area contributed by atoms with Gasteiger partial charge in [-0.25, -0.2) is 13.1 Å². The number of hydrogen-bond donors (Lipinski definition) is 1. The molecule has 38 heavy (non-hydrogen) atoms. The number of ether oxygens (including phenoxy) is 1. The third-order valence-corrected chi connectivity index (χ3v) is 7.85. The van der Waals surface area contributed by atoms with Crippen molar-refractivity contribution in [3.05, 3.63) is 65.5 Å². The number of aromatic nitrogens is 2. The minimum Gasteiger partial charge on any atom is -0.497 e. The maximum Gasteiger partial charge on any atom is 0.277 e. The van der Waals surface area contributed by atoms with E-state index in [4.69, 9.17) is 4.74 Å². The molecule has 1 aromatic heterocycles. The number of rotatable bonds is 6. The quantitative estimate of drug-likeness (QED) is 0.515. The van der Waals surface area contributed by atoms with Crippen molar-refractivity contribution in [2.24, 2.45) is 4.99 Å². The first kappa shape index (κ1) is 25.3. The van der Waals surface area contributed by atoms with Crippen LogP contribution in [0.15, 0.2) is 53.5 Å². The van der Waals surface area contributed by atoms with Crippen molar-refractivity contribution in [1.29, 1.82) is 5.26 Å². The van der Waals surface area contributed by atoms with Gasteiger partial charge in [-0.05, 0) is 68.3 Å². The Morgan fingerprint density at radius 3 is 2.32 bits per heavy atom. The highest BCUT2D eigenvalue weighted by atomic mass is 32.2. The number of methoxy groups -OCH3 is 1. The topological polar surface area (TPSA) is 133 Å². The second-order valence-corrected chi connectivity index (χ2v) is 10.8. The van der Waals surface area contributed by atoms with Gasteiger partial charge in [-0.2, -0.15) is 10.4 Å². The van der Waals surface area contributed by atoms with Crippen LogP contribution in [-0.2, 0) is 16.4 Å². The number of nitrogens with zero attached hydrogens (tertiary/aromatic N) is 6. The van der Waals surface area contributed by atoms with Crippen molar-refractivity contribution in [2.75, 3.05) is 42.3 Å².